The fourth-order valence-corrected chi connectivity index (χ4v) is 4.34. The molecular weight excluding hydrogens is 440 g/mol. The van der Waals surface area contributed by atoms with Gasteiger partial charge in [0.15, 0.2) is 0 Å². The number of carbonyl (C=O) groups is 3. The Bertz CT molecular complexity index is 978. The van der Waals surface area contributed by atoms with E-state index in [1.165, 1.54) is 11.8 Å². The van der Waals surface area contributed by atoms with Crippen LogP contribution in [0, 0.1) is 5.41 Å². The highest BCUT2D eigenvalue weighted by Crippen LogP contribution is 2.44. The Balaban J connectivity index is 1.55. The molecule has 0 radical (unpaired) electrons. The zero-order valence-corrected chi connectivity index (χ0v) is 19.9. The molecular formula is C25H30N2O5S. The number of benzene rings is 2. The van der Waals surface area contributed by atoms with E-state index in [0.717, 1.165) is 22.3 Å². The molecule has 1 atom stereocenters. The molecule has 0 fully saturated rings. The van der Waals surface area contributed by atoms with Gasteiger partial charge in [0.1, 0.15) is 12.6 Å². The van der Waals surface area contributed by atoms with Crippen molar-refractivity contribution in [3.63, 3.8) is 0 Å². The van der Waals surface area contributed by atoms with E-state index >= 15 is 0 Å². The van der Waals surface area contributed by atoms with E-state index in [1.807, 2.05) is 42.7 Å². The minimum absolute atomic E-state index is 0.0182. The van der Waals surface area contributed by atoms with E-state index in [0.29, 0.717) is 12.2 Å². The molecule has 0 heterocycles. The number of rotatable bonds is 10. The third-order valence-electron chi connectivity index (χ3n) is 5.85. The summed E-state index contributed by atoms with van der Waals surface area (Å²) in [5.41, 5.74) is 3.54. The molecule has 2 amide bonds. The van der Waals surface area contributed by atoms with Crippen LogP contribution >= 0.6 is 11.8 Å². The van der Waals surface area contributed by atoms with Crippen LogP contribution < -0.4 is 10.6 Å². The van der Waals surface area contributed by atoms with Crippen LogP contribution in [0.15, 0.2) is 48.5 Å². The number of thioether (sulfide) groups is 1. The molecule has 2 aromatic rings. The normalized spacial score (nSPS) is 13.5. The average molecular weight is 471 g/mol. The summed E-state index contributed by atoms with van der Waals surface area (Å²) in [6, 6.07) is 15.2. The molecule has 0 saturated heterocycles. The van der Waals surface area contributed by atoms with Gasteiger partial charge in [-0.25, -0.2) is 9.59 Å². The van der Waals surface area contributed by atoms with Crippen LogP contribution in [0.2, 0.25) is 0 Å². The molecule has 1 aliphatic carbocycles. The SMILES string of the molecule is CSCC[C@H](NC(=O)C(C)(C)CNC(=O)OCC1c2ccccc2-c2ccccc21)C(=O)O. The largest absolute Gasteiger partial charge is 0.480 e. The van der Waals surface area contributed by atoms with Crippen molar-refractivity contribution in [3.05, 3.63) is 59.7 Å². The van der Waals surface area contributed by atoms with Gasteiger partial charge in [0.2, 0.25) is 5.91 Å². The maximum Gasteiger partial charge on any atom is 0.407 e. The molecule has 3 N–H and O–H groups in total. The monoisotopic (exact) mass is 470 g/mol. The predicted octanol–water partition coefficient (Wildman–Crippen LogP) is 3.87. The first-order chi connectivity index (χ1) is 15.7. The van der Waals surface area contributed by atoms with Gasteiger partial charge in [0.05, 0.1) is 5.41 Å². The molecule has 7 nitrogen and oxygen atoms in total. The summed E-state index contributed by atoms with van der Waals surface area (Å²) in [5, 5.41) is 14.6. The molecule has 0 aliphatic heterocycles. The lowest BCUT2D eigenvalue weighted by Gasteiger charge is -2.26. The third-order valence-corrected chi connectivity index (χ3v) is 6.49. The number of ether oxygens (including phenoxy) is 1. The van der Waals surface area contributed by atoms with Crippen LogP contribution in [-0.4, -0.2) is 54.3 Å². The van der Waals surface area contributed by atoms with Gasteiger partial charge in [-0.3, -0.25) is 4.79 Å². The highest BCUT2D eigenvalue weighted by atomic mass is 32.2. The molecule has 176 valence electrons. The minimum Gasteiger partial charge on any atom is -0.480 e. The molecule has 8 heteroatoms. The van der Waals surface area contributed by atoms with Crippen LogP contribution in [0.3, 0.4) is 0 Å². The Morgan fingerprint density at radius 2 is 1.64 bits per heavy atom. The number of aliphatic carboxylic acids is 1. The third kappa shape index (κ3) is 5.87. The van der Waals surface area contributed by atoms with Crippen molar-refractivity contribution in [2.24, 2.45) is 5.41 Å². The fraction of sp³-hybridized carbons (Fsp3) is 0.400. The second-order valence-electron chi connectivity index (χ2n) is 8.71. The van der Waals surface area contributed by atoms with Crippen molar-refractivity contribution in [2.45, 2.75) is 32.2 Å². The molecule has 3 rings (SSSR count). The number of amides is 2. The number of nitrogens with one attached hydrogen (secondary N) is 2. The predicted molar refractivity (Wildman–Crippen MR) is 129 cm³/mol. The summed E-state index contributed by atoms with van der Waals surface area (Å²) < 4.78 is 5.51. The molecule has 0 bridgehead atoms. The minimum atomic E-state index is -1.07. The van der Waals surface area contributed by atoms with E-state index in [4.69, 9.17) is 4.74 Å². The summed E-state index contributed by atoms with van der Waals surface area (Å²) in [7, 11) is 0. The molecule has 0 unspecified atom stereocenters. The van der Waals surface area contributed by atoms with Crippen molar-refractivity contribution in [1.82, 2.24) is 10.6 Å². The first-order valence-corrected chi connectivity index (χ1v) is 12.3. The van der Waals surface area contributed by atoms with Gasteiger partial charge in [0.25, 0.3) is 0 Å². The highest BCUT2D eigenvalue weighted by Gasteiger charge is 2.33. The van der Waals surface area contributed by atoms with E-state index in [2.05, 4.69) is 22.8 Å². The molecule has 33 heavy (non-hydrogen) atoms. The van der Waals surface area contributed by atoms with E-state index in [-0.39, 0.29) is 19.1 Å². The van der Waals surface area contributed by atoms with Gasteiger partial charge >= 0.3 is 12.1 Å². The van der Waals surface area contributed by atoms with Crippen LogP contribution in [-0.2, 0) is 14.3 Å². The standard InChI is InChI=1S/C25H30N2O5S/c1-25(2,23(30)27-21(22(28)29)12-13-33-3)15-26-24(31)32-14-20-18-10-6-4-8-16(18)17-9-5-7-11-19(17)20/h4-11,20-21H,12-15H2,1-3H3,(H,26,31)(H,27,30)(H,28,29)/t21-/m0/s1. The van der Waals surface area contributed by atoms with Gasteiger partial charge in [0, 0.05) is 12.5 Å². The summed E-state index contributed by atoms with van der Waals surface area (Å²) in [4.78, 5) is 36.4. The molecule has 1 aliphatic rings. The van der Waals surface area contributed by atoms with Crippen LogP contribution in [0.25, 0.3) is 11.1 Å². The Morgan fingerprint density at radius 3 is 2.18 bits per heavy atom. The number of hydrogen-bond acceptors (Lipinski definition) is 5. The van der Waals surface area contributed by atoms with Crippen molar-refractivity contribution >= 4 is 29.7 Å². The Labute approximate surface area is 198 Å². The number of carboxylic acid groups (broad SMARTS) is 1. The van der Waals surface area contributed by atoms with Crippen LogP contribution in [0.1, 0.15) is 37.3 Å². The van der Waals surface area contributed by atoms with Gasteiger partial charge in [-0.05, 0) is 54.5 Å². The van der Waals surface area contributed by atoms with Crippen LogP contribution in [0.5, 0.6) is 0 Å². The van der Waals surface area contributed by atoms with Gasteiger partial charge in [-0.2, -0.15) is 11.8 Å². The van der Waals surface area contributed by atoms with E-state index < -0.39 is 29.4 Å². The molecule has 0 aromatic heterocycles. The number of carboxylic acids is 1. The topological polar surface area (TPSA) is 105 Å². The lowest BCUT2D eigenvalue weighted by atomic mass is 9.91. The quantitative estimate of drug-likeness (QED) is 0.487. The van der Waals surface area contributed by atoms with Gasteiger partial charge < -0.3 is 20.5 Å². The number of carbonyl (C=O) groups excluding carboxylic acids is 2. The van der Waals surface area contributed by atoms with Crippen molar-refractivity contribution in [3.8, 4) is 11.1 Å². The summed E-state index contributed by atoms with van der Waals surface area (Å²) in [5.74, 6) is -0.935. The molecule has 2 aromatic carbocycles. The lowest BCUT2D eigenvalue weighted by Crippen LogP contribution is -2.50. The van der Waals surface area contributed by atoms with Crippen molar-refractivity contribution < 1.29 is 24.2 Å². The second kappa shape index (κ2) is 10.7. The summed E-state index contributed by atoms with van der Waals surface area (Å²) in [6.45, 7) is 3.51. The number of hydrogen-bond donors (Lipinski definition) is 3. The smallest absolute Gasteiger partial charge is 0.407 e. The van der Waals surface area contributed by atoms with E-state index in [1.54, 1.807) is 13.8 Å². The zero-order valence-electron chi connectivity index (χ0n) is 19.1. The first-order valence-electron chi connectivity index (χ1n) is 10.9. The fourth-order valence-electron chi connectivity index (χ4n) is 3.87. The highest BCUT2D eigenvalue weighted by molar-refractivity contribution is 7.98. The molecule has 0 saturated carbocycles. The first kappa shape index (κ1) is 24.6. The van der Waals surface area contributed by atoms with Crippen LogP contribution in [0.4, 0.5) is 4.79 Å². The van der Waals surface area contributed by atoms with Crippen molar-refractivity contribution in [2.75, 3.05) is 25.2 Å². The zero-order chi connectivity index (χ0) is 24.0. The maximum atomic E-state index is 12.6. The van der Waals surface area contributed by atoms with Gasteiger partial charge in [-0.1, -0.05) is 48.5 Å². The Kier molecular flexibility index (Phi) is 8.02. The summed E-state index contributed by atoms with van der Waals surface area (Å²) >= 11 is 1.52. The lowest BCUT2D eigenvalue weighted by molar-refractivity contribution is -0.143. The van der Waals surface area contributed by atoms with Crippen molar-refractivity contribution in [1.29, 1.82) is 0 Å². The summed E-state index contributed by atoms with van der Waals surface area (Å²) in [6.07, 6.45) is 1.59. The second-order valence-corrected chi connectivity index (χ2v) is 9.69. The number of alkyl carbamates (subject to hydrolysis) is 1. The maximum absolute atomic E-state index is 12.6. The molecule has 0 spiro atoms. The van der Waals surface area contributed by atoms with Gasteiger partial charge in [-0.15, -0.1) is 0 Å². The average Bonchev–Trinajstić information content (AvgIpc) is 3.12. The Morgan fingerprint density at radius 1 is 1.06 bits per heavy atom. The Hall–Kier alpha value is -3.00. The van der Waals surface area contributed by atoms with E-state index in [9.17, 15) is 19.5 Å². The number of fused-ring (bicyclic) bond motifs is 3.